The molecule has 0 aromatic carbocycles. The van der Waals surface area contributed by atoms with E-state index in [1.165, 1.54) is 6.42 Å². The highest BCUT2D eigenvalue weighted by Gasteiger charge is 2.44. The minimum absolute atomic E-state index is 0.0363. The molecule has 1 aromatic heterocycles. The van der Waals surface area contributed by atoms with E-state index in [-0.39, 0.29) is 5.91 Å². The highest BCUT2D eigenvalue weighted by Crippen LogP contribution is 2.38. The van der Waals surface area contributed by atoms with Crippen molar-refractivity contribution >= 4 is 17.6 Å². The summed E-state index contributed by atoms with van der Waals surface area (Å²) in [6.07, 6.45) is 5.82. The quantitative estimate of drug-likeness (QED) is 0.771. The van der Waals surface area contributed by atoms with Crippen LogP contribution in [-0.4, -0.2) is 78.6 Å². The van der Waals surface area contributed by atoms with Crippen LogP contribution >= 0.6 is 0 Å². The van der Waals surface area contributed by atoms with Gasteiger partial charge in [-0.2, -0.15) is 0 Å². The molecule has 2 amide bonds. The monoisotopic (exact) mass is 384 g/mol. The molecule has 0 N–H and O–H groups in total. The lowest BCUT2D eigenvalue weighted by Gasteiger charge is -2.52. The van der Waals surface area contributed by atoms with Crippen molar-refractivity contribution in [2.24, 2.45) is 11.8 Å². The van der Waals surface area contributed by atoms with Gasteiger partial charge < -0.3 is 19.4 Å². The third-order valence-corrected chi connectivity index (χ3v) is 6.80. The van der Waals surface area contributed by atoms with E-state index in [1.807, 2.05) is 17.0 Å². The molecule has 1 aromatic rings. The van der Waals surface area contributed by atoms with Crippen molar-refractivity contribution in [2.45, 2.75) is 31.7 Å². The van der Waals surface area contributed by atoms with Crippen LogP contribution < -0.4 is 4.90 Å². The molecule has 150 valence electrons. The van der Waals surface area contributed by atoms with Crippen molar-refractivity contribution < 1.29 is 14.3 Å². The van der Waals surface area contributed by atoms with Gasteiger partial charge in [-0.15, -0.1) is 0 Å². The summed E-state index contributed by atoms with van der Waals surface area (Å²) < 4.78 is 5.32. The van der Waals surface area contributed by atoms with Crippen LogP contribution in [0.2, 0.25) is 0 Å². The number of fused-ring (bicyclic) bond motifs is 4. The first-order valence-corrected chi connectivity index (χ1v) is 10.6. The zero-order valence-corrected chi connectivity index (χ0v) is 16.3. The zero-order valence-electron chi connectivity index (χ0n) is 16.3. The lowest BCUT2D eigenvalue weighted by atomic mass is 9.76. The summed E-state index contributed by atoms with van der Waals surface area (Å²) in [5.74, 6) is 2.39. The molecule has 4 saturated heterocycles. The Balaban J connectivity index is 1.28. The molecule has 4 aliphatic rings. The number of carbonyl (C=O) groups excluding carboxylic acids is 2. The summed E-state index contributed by atoms with van der Waals surface area (Å²) in [6, 6.07) is 4.29. The Morgan fingerprint density at radius 2 is 2.00 bits per heavy atom. The maximum atomic E-state index is 12.6. The van der Waals surface area contributed by atoms with Crippen LogP contribution in [0.3, 0.4) is 0 Å². The molecule has 0 aliphatic carbocycles. The SMILES string of the molecule is O=C(c1ccc(N2C[C@H]3C[C@H](C2)[C@H]2CCCC(=O)N2C3)nc1)N1CCOCC1. The maximum absolute atomic E-state index is 12.6. The van der Waals surface area contributed by atoms with E-state index < -0.39 is 0 Å². The Labute approximate surface area is 165 Å². The Bertz CT molecular complexity index is 747. The second-order valence-electron chi connectivity index (χ2n) is 8.58. The van der Waals surface area contributed by atoms with Crippen LogP contribution in [-0.2, 0) is 9.53 Å². The zero-order chi connectivity index (χ0) is 19.1. The van der Waals surface area contributed by atoms with Gasteiger partial charge >= 0.3 is 0 Å². The van der Waals surface area contributed by atoms with Gasteiger partial charge in [0.1, 0.15) is 5.82 Å². The van der Waals surface area contributed by atoms with Gasteiger partial charge in [-0.05, 0) is 43.2 Å². The number of piperidine rings is 3. The van der Waals surface area contributed by atoms with Crippen molar-refractivity contribution in [1.29, 1.82) is 0 Å². The number of hydrogen-bond donors (Lipinski definition) is 0. The summed E-state index contributed by atoms with van der Waals surface area (Å²) in [6.45, 7) is 5.29. The van der Waals surface area contributed by atoms with Gasteiger partial charge in [0.05, 0.1) is 18.8 Å². The molecule has 7 heteroatoms. The number of amides is 2. The van der Waals surface area contributed by atoms with Gasteiger partial charge in [-0.25, -0.2) is 4.98 Å². The maximum Gasteiger partial charge on any atom is 0.255 e. The fraction of sp³-hybridized carbons (Fsp3) is 0.667. The first-order valence-electron chi connectivity index (χ1n) is 10.6. The topological polar surface area (TPSA) is 66.0 Å². The van der Waals surface area contributed by atoms with Crippen molar-refractivity contribution in [1.82, 2.24) is 14.8 Å². The van der Waals surface area contributed by atoms with Gasteiger partial charge in [0.2, 0.25) is 5.91 Å². The number of morpholine rings is 1. The third kappa shape index (κ3) is 3.26. The van der Waals surface area contributed by atoms with Gasteiger partial charge in [0.15, 0.2) is 0 Å². The van der Waals surface area contributed by atoms with E-state index in [0.29, 0.717) is 55.7 Å². The number of aromatic nitrogens is 1. The molecule has 5 heterocycles. The van der Waals surface area contributed by atoms with E-state index >= 15 is 0 Å². The van der Waals surface area contributed by atoms with Crippen LogP contribution in [0.25, 0.3) is 0 Å². The molecule has 3 atom stereocenters. The standard InChI is InChI=1S/C21H28N4O3/c26-20-3-1-2-18-17-10-15(13-25(18)20)12-24(14-17)19-5-4-16(11-22-19)21(27)23-6-8-28-9-7-23/h4-5,11,15,17-18H,1-3,6-10,12-14H2/t15-,17-,18-/m1/s1. The normalized spacial score (nSPS) is 30.2. The van der Waals surface area contributed by atoms with Gasteiger partial charge in [-0.1, -0.05) is 0 Å². The van der Waals surface area contributed by atoms with E-state index in [1.54, 1.807) is 6.20 Å². The molecular formula is C21H28N4O3. The van der Waals surface area contributed by atoms with E-state index in [2.05, 4.69) is 14.8 Å². The highest BCUT2D eigenvalue weighted by molar-refractivity contribution is 5.94. The molecule has 2 bridgehead atoms. The number of rotatable bonds is 2. The Hall–Kier alpha value is -2.15. The smallest absolute Gasteiger partial charge is 0.255 e. The second kappa shape index (κ2) is 7.35. The number of nitrogens with zero attached hydrogens (tertiary/aromatic N) is 4. The third-order valence-electron chi connectivity index (χ3n) is 6.80. The Morgan fingerprint density at radius 1 is 1.14 bits per heavy atom. The molecular weight excluding hydrogens is 356 g/mol. The molecule has 0 spiro atoms. The van der Waals surface area contributed by atoms with Crippen LogP contribution in [0.1, 0.15) is 36.0 Å². The van der Waals surface area contributed by atoms with Crippen molar-refractivity contribution in [2.75, 3.05) is 50.8 Å². The number of carbonyl (C=O) groups is 2. The largest absolute Gasteiger partial charge is 0.378 e. The fourth-order valence-corrected chi connectivity index (χ4v) is 5.45. The van der Waals surface area contributed by atoms with E-state index in [9.17, 15) is 9.59 Å². The molecule has 4 fully saturated rings. The van der Waals surface area contributed by atoms with Crippen molar-refractivity contribution in [3.8, 4) is 0 Å². The number of hydrogen-bond acceptors (Lipinski definition) is 5. The van der Waals surface area contributed by atoms with E-state index in [4.69, 9.17) is 4.74 Å². The van der Waals surface area contributed by atoms with Crippen LogP contribution in [0.4, 0.5) is 5.82 Å². The average Bonchev–Trinajstić information content (AvgIpc) is 2.75. The second-order valence-corrected chi connectivity index (χ2v) is 8.58. The summed E-state index contributed by atoms with van der Waals surface area (Å²) in [5.41, 5.74) is 0.645. The van der Waals surface area contributed by atoms with Crippen molar-refractivity contribution in [3.63, 3.8) is 0 Å². The highest BCUT2D eigenvalue weighted by atomic mass is 16.5. The molecule has 7 nitrogen and oxygen atoms in total. The Kier molecular flexibility index (Phi) is 4.70. The lowest BCUT2D eigenvalue weighted by molar-refractivity contribution is -0.142. The van der Waals surface area contributed by atoms with Crippen LogP contribution in [0, 0.1) is 11.8 Å². The van der Waals surface area contributed by atoms with Crippen molar-refractivity contribution in [3.05, 3.63) is 23.9 Å². The molecule has 28 heavy (non-hydrogen) atoms. The predicted octanol–water partition coefficient (Wildman–Crippen LogP) is 1.39. The van der Waals surface area contributed by atoms with Gasteiger partial charge in [-0.3, -0.25) is 9.59 Å². The number of ether oxygens (including phenoxy) is 1. The average molecular weight is 384 g/mol. The molecule has 4 aliphatic heterocycles. The van der Waals surface area contributed by atoms with Crippen LogP contribution in [0.5, 0.6) is 0 Å². The summed E-state index contributed by atoms with van der Waals surface area (Å²) in [4.78, 5) is 35.9. The summed E-state index contributed by atoms with van der Waals surface area (Å²) in [7, 11) is 0. The summed E-state index contributed by atoms with van der Waals surface area (Å²) >= 11 is 0. The van der Waals surface area contributed by atoms with Crippen LogP contribution in [0.15, 0.2) is 18.3 Å². The van der Waals surface area contributed by atoms with E-state index in [0.717, 1.165) is 44.7 Å². The Morgan fingerprint density at radius 3 is 2.79 bits per heavy atom. The minimum Gasteiger partial charge on any atom is -0.378 e. The minimum atomic E-state index is 0.0363. The number of anilines is 1. The number of pyridine rings is 1. The molecule has 0 radical (unpaired) electrons. The lowest BCUT2D eigenvalue weighted by Crippen LogP contribution is -2.60. The molecule has 5 rings (SSSR count). The fourth-order valence-electron chi connectivity index (χ4n) is 5.45. The van der Waals surface area contributed by atoms with Gasteiger partial charge in [0, 0.05) is 51.4 Å². The first-order chi connectivity index (χ1) is 13.7. The predicted molar refractivity (Wildman–Crippen MR) is 104 cm³/mol. The summed E-state index contributed by atoms with van der Waals surface area (Å²) in [5, 5.41) is 0. The first kappa shape index (κ1) is 17.9. The molecule has 0 unspecified atom stereocenters. The molecule has 0 saturated carbocycles. The van der Waals surface area contributed by atoms with Gasteiger partial charge in [0.25, 0.3) is 5.91 Å².